The van der Waals surface area contributed by atoms with Crippen molar-refractivity contribution in [1.29, 1.82) is 0 Å². The van der Waals surface area contributed by atoms with Gasteiger partial charge in [0.1, 0.15) is 6.54 Å². The molecule has 0 saturated heterocycles. The zero-order chi connectivity index (χ0) is 12.6. The van der Waals surface area contributed by atoms with Crippen molar-refractivity contribution in [1.82, 2.24) is 0 Å². The Morgan fingerprint density at radius 3 is 2.72 bits per heavy atom. The summed E-state index contributed by atoms with van der Waals surface area (Å²) < 4.78 is 2.11. The minimum absolute atomic E-state index is 0.903. The third-order valence-corrected chi connectivity index (χ3v) is 2.81. The highest BCUT2D eigenvalue weighted by Crippen LogP contribution is 2.02. The Hall–Kier alpha value is -2.16. The lowest BCUT2D eigenvalue weighted by atomic mass is 10.1. The van der Waals surface area contributed by atoms with E-state index in [2.05, 4.69) is 34.0 Å². The van der Waals surface area contributed by atoms with Crippen LogP contribution in [0.1, 0.15) is 17.5 Å². The predicted octanol–water partition coefficient (Wildman–Crippen LogP) is 2.42. The summed E-state index contributed by atoms with van der Waals surface area (Å²) >= 11 is 0. The molecule has 2 rings (SSSR count). The van der Waals surface area contributed by atoms with E-state index in [1.54, 1.807) is 0 Å². The summed E-state index contributed by atoms with van der Waals surface area (Å²) in [5.41, 5.74) is 2.27. The molecule has 0 radical (unpaired) electrons. The van der Waals surface area contributed by atoms with E-state index in [9.17, 15) is 0 Å². The molecule has 3 nitrogen and oxygen atoms in total. The van der Waals surface area contributed by atoms with Gasteiger partial charge in [-0.1, -0.05) is 35.5 Å². The van der Waals surface area contributed by atoms with E-state index in [1.807, 2.05) is 30.6 Å². The average molecular weight is 241 g/mol. The number of pyridine rings is 1. The molecule has 0 spiro atoms. The van der Waals surface area contributed by atoms with Crippen LogP contribution in [0.3, 0.4) is 0 Å². The highest BCUT2D eigenvalue weighted by atomic mass is 16.4. The number of oxime groups is 1. The molecule has 0 aliphatic heterocycles. The van der Waals surface area contributed by atoms with Gasteiger partial charge in [-0.05, 0) is 18.1 Å². The molecular weight excluding hydrogens is 224 g/mol. The first-order valence-corrected chi connectivity index (χ1v) is 6.09. The summed E-state index contributed by atoms with van der Waals surface area (Å²) in [7, 11) is 0. The van der Waals surface area contributed by atoms with Gasteiger partial charge in [0.2, 0.25) is 0 Å². The van der Waals surface area contributed by atoms with Crippen molar-refractivity contribution in [2.75, 3.05) is 0 Å². The van der Waals surface area contributed by atoms with Crippen molar-refractivity contribution >= 4 is 6.21 Å². The van der Waals surface area contributed by atoms with E-state index in [4.69, 9.17) is 5.21 Å². The Kier molecular flexibility index (Phi) is 4.47. The van der Waals surface area contributed by atoms with Crippen molar-refractivity contribution in [3.63, 3.8) is 0 Å². The standard InChI is InChI=1S/C15H16N2O/c18-16-12-15-9-5-11-17(13-15)10-4-8-14-6-2-1-3-7-14/h1-3,5-7,9,11-13H,4,8,10H2/p+1/b16-12+. The fourth-order valence-corrected chi connectivity index (χ4v) is 1.93. The molecule has 0 aliphatic carbocycles. The van der Waals surface area contributed by atoms with E-state index in [0.717, 1.165) is 24.9 Å². The fraction of sp³-hybridized carbons (Fsp3) is 0.200. The van der Waals surface area contributed by atoms with E-state index < -0.39 is 0 Å². The van der Waals surface area contributed by atoms with Gasteiger partial charge in [-0.2, -0.15) is 0 Å². The molecule has 92 valence electrons. The van der Waals surface area contributed by atoms with Crippen molar-refractivity contribution in [3.05, 3.63) is 66.0 Å². The van der Waals surface area contributed by atoms with Crippen LogP contribution < -0.4 is 4.57 Å². The van der Waals surface area contributed by atoms with Crippen molar-refractivity contribution in [2.24, 2.45) is 5.16 Å². The maximum Gasteiger partial charge on any atom is 0.177 e. The third-order valence-electron chi connectivity index (χ3n) is 2.81. The Morgan fingerprint density at radius 1 is 1.11 bits per heavy atom. The Morgan fingerprint density at radius 2 is 1.94 bits per heavy atom. The Labute approximate surface area is 107 Å². The zero-order valence-corrected chi connectivity index (χ0v) is 10.2. The van der Waals surface area contributed by atoms with E-state index in [1.165, 1.54) is 11.8 Å². The number of aromatic nitrogens is 1. The monoisotopic (exact) mass is 241 g/mol. The maximum absolute atomic E-state index is 8.50. The van der Waals surface area contributed by atoms with Crippen LogP contribution in [0.25, 0.3) is 0 Å². The van der Waals surface area contributed by atoms with Gasteiger partial charge in [-0.15, -0.1) is 0 Å². The lowest BCUT2D eigenvalue weighted by Crippen LogP contribution is -2.33. The van der Waals surface area contributed by atoms with Gasteiger partial charge in [0.25, 0.3) is 0 Å². The van der Waals surface area contributed by atoms with Crippen LogP contribution >= 0.6 is 0 Å². The van der Waals surface area contributed by atoms with E-state index >= 15 is 0 Å². The highest BCUT2D eigenvalue weighted by Gasteiger charge is 2.01. The molecule has 1 aromatic heterocycles. The molecule has 1 N–H and O–H groups in total. The van der Waals surface area contributed by atoms with Crippen molar-refractivity contribution in [2.45, 2.75) is 19.4 Å². The number of hydrogen-bond donors (Lipinski definition) is 1. The molecule has 0 amide bonds. The van der Waals surface area contributed by atoms with Gasteiger partial charge in [0, 0.05) is 12.5 Å². The number of hydrogen-bond acceptors (Lipinski definition) is 2. The topological polar surface area (TPSA) is 36.5 Å². The fourth-order valence-electron chi connectivity index (χ4n) is 1.93. The van der Waals surface area contributed by atoms with Crippen molar-refractivity contribution < 1.29 is 9.77 Å². The normalized spacial score (nSPS) is 10.9. The first-order chi connectivity index (χ1) is 8.88. The molecule has 0 unspecified atom stereocenters. The molecule has 0 saturated carbocycles. The van der Waals surface area contributed by atoms with Crippen LogP contribution in [0, 0.1) is 0 Å². The van der Waals surface area contributed by atoms with Gasteiger partial charge in [0.15, 0.2) is 12.4 Å². The summed E-state index contributed by atoms with van der Waals surface area (Å²) in [6, 6.07) is 14.4. The maximum atomic E-state index is 8.50. The lowest BCUT2D eigenvalue weighted by molar-refractivity contribution is -0.697. The van der Waals surface area contributed by atoms with Gasteiger partial charge < -0.3 is 5.21 Å². The Balaban J connectivity index is 1.88. The van der Waals surface area contributed by atoms with Crippen LogP contribution in [0.4, 0.5) is 0 Å². The average Bonchev–Trinajstić information content (AvgIpc) is 2.41. The summed E-state index contributed by atoms with van der Waals surface area (Å²) in [4.78, 5) is 0. The van der Waals surface area contributed by atoms with Gasteiger partial charge in [-0.3, -0.25) is 0 Å². The molecule has 0 atom stereocenters. The summed E-state index contributed by atoms with van der Waals surface area (Å²) in [6.07, 6.45) is 7.61. The molecule has 1 heterocycles. The van der Waals surface area contributed by atoms with Crippen LogP contribution in [-0.4, -0.2) is 11.4 Å². The van der Waals surface area contributed by atoms with Crippen LogP contribution in [0.15, 0.2) is 60.0 Å². The number of aryl methyl sites for hydroxylation is 2. The molecule has 0 bridgehead atoms. The molecule has 0 aliphatic rings. The summed E-state index contributed by atoms with van der Waals surface area (Å²) in [6.45, 7) is 0.960. The first kappa shape index (κ1) is 12.3. The molecule has 1 aromatic carbocycles. The lowest BCUT2D eigenvalue weighted by Gasteiger charge is -1.99. The molecule has 0 fully saturated rings. The van der Waals surface area contributed by atoms with Crippen LogP contribution in [0.2, 0.25) is 0 Å². The van der Waals surface area contributed by atoms with Gasteiger partial charge in [0.05, 0.1) is 11.8 Å². The molecule has 3 heteroatoms. The zero-order valence-electron chi connectivity index (χ0n) is 10.2. The van der Waals surface area contributed by atoms with Crippen LogP contribution in [-0.2, 0) is 13.0 Å². The highest BCUT2D eigenvalue weighted by molar-refractivity contribution is 5.77. The third kappa shape index (κ3) is 3.70. The smallest absolute Gasteiger partial charge is 0.177 e. The summed E-state index contributed by atoms with van der Waals surface area (Å²) in [5, 5.41) is 11.5. The minimum atomic E-state index is 0.903. The number of benzene rings is 1. The van der Waals surface area contributed by atoms with Gasteiger partial charge in [-0.25, -0.2) is 4.57 Å². The number of rotatable bonds is 5. The predicted molar refractivity (Wildman–Crippen MR) is 70.8 cm³/mol. The van der Waals surface area contributed by atoms with Crippen molar-refractivity contribution in [3.8, 4) is 0 Å². The van der Waals surface area contributed by atoms with E-state index in [-0.39, 0.29) is 0 Å². The van der Waals surface area contributed by atoms with E-state index in [0.29, 0.717) is 0 Å². The second-order valence-electron chi connectivity index (χ2n) is 4.21. The van der Waals surface area contributed by atoms with Crippen LogP contribution in [0.5, 0.6) is 0 Å². The Bertz CT molecular complexity index is 509. The molecule has 2 aromatic rings. The quantitative estimate of drug-likeness (QED) is 0.371. The first-order valence-electron chi connectivity index (χ1n) is 6.09. The van der Waals surface area contributed by atoms with Gasteiger partial charge >= 0.3 is 0 Å². The molecule has 18 heavy (non-hydrogen) atoms. The second kappa shape index (κ2) is 6.55. The SMILES string of the molecule is O/N=C/c1ccc[n+](CCCc2ccccc2)c1. The largest absolute Gasteiger partial charge is 0.411 e. The minimum Gasteiger partial charge on any atom is -0.411 e. The summed E-state index contributed by atoms with van der Waals surface area (Å²) in [5.74, 6) is 0. The number of nitrogens with zero attached hydrogens (tertiary/aromatic N) is 2. The molecular formula is C15H17N2O+. The second-order valence-corrected chi connectivity index (χ2v) is 4.21.